The fourth-order valence-corrected chi connectivity index (χ4v) is 3.04. The maximum absolute atomic E-state index is 13.0. The van der Waals surface area contributed by atoms with Crippen LogP contribution in [0.25, 0.3) is 0 Å². The van der Waals surface area contributed by atoms with E-state index >= 15 is 0 Å². The highest BCUT2D eigenvalue weighted by Crippen LogP contribution is 2.33. The van der Waals surface area contributed by atoms with Crippen LogP contribution in [0.1, 0.15) is 24.5 Å². The van der Waals surface area contributed by atoms with Gasteiger partial charge in [0.15, 0.2) is 0 Å². The number of amides is 3. The quantitative estimate of drug-likeness (QED) is 0.515. The molecule has 1 saturated heterocycles. The third-order valence-electron chi connectivity index (χ3n) is 4.46. The van der Waals surface area contributed by atoms with Gasteiger partial charge in [-0.2, -0.15) is 0 Å². The smallest absolute Gasteiger partial charge is 0.319 e. The van der Waals surface area contributed by atoms with Crippen molar-refractivity contribution in [3.63, 3.8) is 0 Å². The van der Waals surface area contributed by atoms with Crippen LogP contribution in [0.2, 0.25) is 0 Å². The molecular formula is C18H17N3O4. The van der Waals surface area contributed by atoms with Gasteiger partial charge in [0.25, 0.3) is 11.6 Å². The molecule has 1 heterocycles. The minimum atomic E-state index is -1.07. The van der Waals surface area contributed by atoms with E-state index in [9.17, 15) is 19.7 Å². The third-order valence-corrected chi connectivity index (χ3v) is 4.46. The molecule has 2 aromatic rings. The lowest BCUT2D eigenvalue weighted by Gasteiger charge is -2.25. The van der Waals surface area contributed by atoms with Crippen molar-refractivity contribution in [2.24, 2.45) is 0 Å². The first-order valence-corrected chi connectivity index (χ1v) is 7.91. The lowest BCUT2D eigenvalue weighted by molar-refractivity contribution is -0.384. The molecule has 0 aliphatic carbocycles. The molecule has 0 radical (unpaired) electrons. The zero-order valence-corrected chi connectivity index (χ0v) is 13.6. The fourth-order valence-electron chi connectivity index (χ4n) is 3.04. The van der Waals surface area contributed by atoms with Crippen LogP contribution in [-0.4, -0.2) is 21.8 Å². The highest BCUT2D eigenvalue weighted by Gasteiger charge is 2.50. The van der Waals surface area contributed by atoms with E-state index in [-0.39, 0.29) is 18.1 Å². The standard InChI is InChI=1S/C18H17N3O4/c1-2-18(14-6-4-3-5-7-14)16(22)20(17(23)19-18)12-13-8-10-15(11-9-13)21(24)25/h3-11H,2,12H2,1H3,(H,19,23)/t18-/m0/s1. The van der Waals surface area contributed by atoms with E-state index in [1.807, 2.05) is 37.3 Å². The van der Waals surface area contributed by atoms with E-state index in [2.05, 4.69) is 5.32 Å². The molecule has 1 fully saturated rings. The summed E-state index contributed by atoms with van der Waals surface area (Å²) in [6.07, 6.45) is 0.429. The fraction of sp³-hybridized carbons (Fsp3) is 0.222. The molecular weight excluding hydrogens is 322 g/mol. The number of benzene rings is 2. The number of imide groups is 1. The van der Waals surface area contributed by atoms with E-state index in [4.69, 9.17) is 0 Å². The van der Waals surface area contributed by atoms with Crippen LogP contribution in [0.15, 0.2) is 54.6 Å². The number of nitrogens with zero attached hydrogens (tertiary/aromatic N) is 2. The maximum atomic E-state index is 13.0. The van der Waals surface area contributed by atoms with Crippen molar-refractivity contribution in [3.8, 4) is 0 Å². The van der Waals surface area contributed by atoms with Crippen molar-refractivity contribution in [1.29, 1.82) is 0 Å². The summed E-state index contributed by atoms with van der Waals surface area (Å²) in [5.74, 6) is -0.315. The van der Waals surface area contributed by atoms with Gasteiger partial charge in [0.2, 0.25) is 0 Å². The number of carbonyl (C=O) groups excluding carboxylic acids is 2. The van der Waals surface area contributed by atoms with Crippen molar-refractivity contribution in [1.82, 2.24) is 10.2 Å². The Bertz CT molecular complexity index is 820. The molecule has 3 rings (SSSR count). The second-order valence-electron chi connectivity index (χ2n) is 5.87. The van der Waals surface area contributed by atoms with Crippen LogP contribution in [-0.2, 0) is 16.9 Å². The van der Waals surface area contributed by atoms with E-state index in [0.29, 0.717) is 12.0 Å². The molecule has 0 aromatic heterocycles. The summed E-state index contributed by atoms with van der Waals surface area (Å²) < 4.78 is 0. The van der Waals surface area contributed by atoms with Crippen LogP contribution in [0.3, 0.4) is 0 Å². The number of carbonyl (C=O) groups is 2. The van der Waals surface area contributed by atoms with Gasteiger partial charge >= 0.3 is 6.03 Å². The second-order valence-corrected chi connectivity index (χ2v) is 5.87. The molecule has 7 heteroatoms. The van der Waals surface area contributed by atoms with E-state index < -0.39 is 16.5 Å². The van der Waals surface area contributed by atoms with E-state index in [1.165, 1.54) is 12.1 Å². The Morgan fingerprint density at radius 3 is 2.28 bits per heavy atom. The van der Waals surface area contributed by atoms with Crippen LogP contribution in [0.5, 0.6) is 0 Å². The molecule has 0 bridgehead atoms. The Balaban J connectivity index is 1.87. The summed E-state index contributed by atoms with van der Waals surface area (Å²) >= 11 is 0. The molecule has 2 aromatic carbocycles. The van der Waals surface area contributed by atoms with Crippen LogP contribution < -0.4 is 5.32 Å². The van der Waals surface area contributed by atoms with Gasteiger partial charge < -0.3 is 5.32 Å². The van der Waals surface area contributed by atoms with Crippen LogP contribution in [0.4, 0.5) is 10.5 Å². The lowest BCUT2D eigenvalue weighted by atomic mass is 9.87. The number of nitro benzene ring substituents is 1. The third kappa shape index (κ3) is 2.84. The number of non-ortho nitro benzene ring substituents is 1. The van der Waals surface area contributed by atoms with Gasteiger partial charge in [0.05, 0.1) is 11.5 Å². The predicted octanol–water partition coefficient (Wildman–Crippen LogP) is 2.95. The first-order chi connectivity index (χ1) is 12.0. The minimum absolute atomic E-state index is 0.0341. The molecule has 0 unspecified atom stereocenters. The molecule has 1 atom stereocenters. The molecule has 0 spiro atoms. The Hall–Kier alpha value is -3.22. The van der Waals surface area contributed by atoms with E-state index in [0.717, 1.165) is 10.5 Å². The lowest BCUT2D eigenvalue weighted by Crippen LogP contribution is -2.43. The van der Waals surface area contributed by atoms with Gasteiger partial charge in [-0.3, -0.25) is 19.8 Å². The summed E-state index contributed by atoms with van der Waals surface area (Å²) in [5.41, 5.74) is 0.281. The summed E-state index contributed by atoms with van der Waals surface area (Å²) in [5, 5.41) is 13.5. The summed E-state index contributed by atoms with van der Waals surface area (Å²) in [7, 11) is 0. The molecule has 128 valence electrons. The van der Waals surface area contributed by atoms with Gasteiger partial charge in [0.1, 0.15) is 5.54 Å². The first-order valence-electron chi connectivity index (χ1n) is 7.91. The normalized spacial score (nSPS) is 19.8. The largest absolute Gasteiger partial charge is 0.325 e. The average molecular weight is 339 g/mol. The van der Waals surface area contributed by atoms with Gasteiger partial charge in [0, 0.05) is 12.1 Å². The Morgan fingerprint density at radius 2 is 1.72 bits per heavy atom. The van der Waals surface area contributed by atoms with E-state index in [1.54, 1.807) is 12.1 Å². The summed E-state index contributed by atoms with van der Waals surface area (Å²) in [6.45, 7) is 1.91. The SMILES string of the molecule is CC[C@@]1(c2ccccc2)NC(=O)N(Cc2ccc([N+](=O)[O-])cc2)C1=O. The molecule has 0 saturated carbocycles. The van der Waals surface area contributed by atoms with Crippen LogP contribution >= 0.6 is 0 Å². The number of nitrogens with one attached hydrogen (secondary N) is 1. The number of urea groups is 1. The van der Waals surface area contributed by atoms with Gasteiger partial charge in [-0.05, 0) is 17.5 Å². The molecule has 1 aliphatic heterocycles. The van der Waals surface area contributed by atoms with Crippen LogP contribution in [0, 0.1) is 10.1 Å². The molecule has 25 heavy (non-hydrogen) atoms. The summed E-state index contributed by atoms with van der Waals surface area (Å²) in [6, 6.07) is 14.5. The summed E-state index contributed by atoms with van der Waals surface area (Å²) in [4.78, 5) is 36.8. The van der Waals surface area contributed by atoms with Crippen molar-refractivity contribution < 1.29 is 14.5 Å². The Kier molecular flexibility index (Phi) is 4.22. The number of rotatable bonds is 5. The molecule has 1 aliphatic rings. The predicted molar refractivity (Wildman–Crippen MR) is 90.6 cm³/mol. The monoisotopic (exact) mass is 339 g/mol. The highest BCUT2D eigenvalue weighted by molar-refractivity contribution is 6.07. The average Bonchev–Trinajstić information content (AvgIpc) is 2.88. The zero-order valence-electron chi connectivity index (χ0n) is 13.6. The zero-order chi connectivity index (χ0) is 18.0. The van der Waals surface area contributed by atoms with Gasteiger partial charge in [-0.25, -0.2) is 4.79 Å². The Morgan fingerprint density at radius 1 is 1.08 bits per heavy atom. The first kappa shape index (κ1) is 16.6. The Labute approximate surface area is 144 Å². The highest BCUT2D eigenvalue weighted by atomic mass is 16.6. The van der Waals surface area contributed by atoms with Crippen molar-refractivity contribution in [3.05, 3.63) is 75.8 Å². The number of hydrogen-bond donors (Lipinski definition) is 1. The second kappa shape index (κ2) is 6.35. The molecule has 1 N–H and O–H groups in total. The van der Waals surface area contributed by atoms with Gasteiger partial charge in [-0.1, -0.05) is 49.4 Å². The van der Waals surface area contributed by atoms with Crippen molar-refractivity contribution in [2.75, 3.05) is 0 Å². The van der Waals surface area contributed by atoms with Crippen molar-refractivity contribution >= 4 is 17.6 Å². The molecule has 3 amide bonds. The molecule has 7 nitrogen and oxygen atoms in total. The minimum Gasteiger partial charge on any atom is -0.319 e. The number of hydrogen-bond acceptors (Lipinski definition) is 4. The maximum Gasteiger partial charge on any atom is 0.325 e. The topological polar surface area (TPSA) is 92.6 Å². The van der Waals surface area contributed by atoms with Crippen molar-refractivity contribution in [2.45, 2.75) is 25.4 Å². The van der Waals surface area contributed by atoms with Gasteiger partial charge in [-0.15, -0.1) is 0 Å². The number of nitro groups is 1.